The molecule has 0 spiro atoms. The quantitative estimate of drug-likeness (QED) is 0.358. The number of piperidine rings is 1. The van der Waals surface area contributed by atoms with Crippen molar-refractivity contribution >= 4 is 40.7 Å². The molecule has 1 saturated carbocycles. The first-order valence-electron chi connectivity index (χ1n) is 12.7. The highest BCUT2D eigenvalue weighted by Gasteiger charge is 2.38. The zero-order valence-corrected chi connectivity index (χ0v) is 23.4. The van der Waals surface area contributed by atoms with Crippen LogP contribution in [0.1, 0.15) is 44.1 Å². The topological polar surface area (TPSA) is 99.8 Å². The number of pyridine rings is 1. The lowest BCUT2D eigenvalue weighted by Crippen LogP contribution is -2.44. The van der Waals surface area contributed by atoms with Crippen LogP contribution >= 0.6 is 23.9 Å². The lowest BCUT2D eigenvalue weighted by Gasteiger charge is -2.43. The fourth-order valence-corrected chi connectivity index (χ4v) is 8.57. The van der Waals surface area contributed by atoms with Crippen LogP contribution in [-0.2, 0) is 22.1 Å². The Bertz CT molecular complexity index is 880. The number of halogens is 3. The molecule has 37 heavy (non-hydrogen) atoms. The highest BCUT2D eigenvalue weighted by atomic mass is 32.2. The van der Waals surface area contributed by atoms with Gasteiger partial charge < -0.3 is 10.8 Å². The minimum atomic E-state index is -5.08. The molecule has 0 aromatic carbocycles. The Morgan fingerprint density at radius 2 is 1.81 bits per heavy atom. The average Bonchev–Trinajstić information content (AvgIpc) is 2.89. The van der Waals surface area contributed by atoms with Crippen molar-refractivity contribution in [1.82, 2.24) is 13.6 Å². The number of aromatic nitrogens is 1. The van der Waals surface area contributed by atoms with Crippen LogP contribution in [0.5, 0.6) is 0 Å². The molecule has 0 amide bonds. The fraction of sp³-hybridized carbons (Fsp3) is 0.750. The smallest absolute Gasteiger partial charge is 0.475 e. The molecular weight excluding hydrogens is 545 g/mol. The fourth-order valence-electron chi connectivity index (χ4n) is 5.06. The Hall–Kier alpha value is -0.860. The first-order chi connectivity index (χ1) is 17.6. The van der Waals surface area contributed by atoms with Crippen LogP contribution in [0.25, 0.3) is 0 Å². The molecule has 3 N–H and O–H groups in total. The number of thioether (sulfide) groups is 1. The SMILES string of the molecule is NCc1ccnc(SCC2CC(C3CCCCC3)CN(SN3CCS(=O)CC3)C2)c1.O=C(O)C(F)(F)F. The molecule has 0 bridgehead atoms. The van der Waals surface area contributed by atoms with Crippen LogP contribution in [0.4, 0.5) is 13.2 Å². The Morgan fingerprint density at radius 1 is 1.14 bits per heavy atom. The normalized spacial score (nSPS) is 24.9. The molecule has 2 atom stereocenters. The maximum atomic E-state index is 11.7. The van der Waals surface area contributed by atoms with E-state index >= 15 is 0 Å². The van der Waals surface area contributed by atoms with Gasteiger partial charge in [0.15, 0.2) is 0 Å². The van der Waals surface area contributed by atoms with Crippen molar-refractivity contribution in [3.63, 3.8) is 0 Å². The summed E-state index contributed by atoms with van der Waals surface area (Å²) in [6, 6.07) is 4.15. The summed E-state index contributed by atoms with van der Waals surface area (Å²) in [5.41, 5.74) is 6.97. The lowest BCUT2D eigenvalue weighted by atomic mass is 9.75. The molecule has 2 saturated heterocycles. The number of nitrogens with two attached hydrogens (primary N) is 1. The van der Waals surface area contributed by atoms with Crippen LogP contribution in [0.15, 0.2) is 23.4 Å². The Labute approximate surface area is 228 Å². The van der Waals surface area contributed by atoms with E-state index in [1.165, 1.54) is 45.1 Å². The molecule has 1 aromatic rings. The Morgan fingerprint density at radius 3 is 2.43 bits per heavy atom. The van der Waals surface area contributed by atoms with Gasteiger partial charge in [-0.15, -0.1) is 11.8 Å². The number of nitrogens with zero attached hydrogens (tertiary/aromatic N) is 3. The highest BCUT2D eigenvalue weighted by molar-refractivity contribution is 7.99. The number of hydrogen-bond donors (Lipinski definition) is 2. The van der Waals surface area contributed by atoms with Gasteiger partial charge in [0.1, 0.15) is 0 Å². The van der Waals surface area contributed by atoms with Crippen LogP contribution in [0.3, 0.4) is 0 Å². The van der Waals surface area contributed by atoms with Crippen molar-refractivity contribution in [2.75, 3.05) is 43.4 Å². The second-order valence-corrected chi connectivity index (χ2v) is 13.7. The summed E-state index contributed by atoms with van der Waals surface area (Å²) in [7, 11) is -0.605. The third-order valence-corrected chi connectivity index (χ3v) is 10.5. The molecule has 13 heteroatoms. The standard InChI is InChI=1S/C22H36N4OS3.C2HF3O2/c23-14-18-6-7-24-22(13-18)28-17-19-12-21(20-4-2-1-3-5-20)16-26(15-19)29-25-8-10-30(27)11-9-25;3-2(4,5)1(6)7/h6-7,13,19-21H,1-5,8-12,14-17,23H2;(H,6,7). The van der Waals surface area contributed by atoms with E-state index in [9.17, 15) is 17.4 Å². The maximum absolute atomic E-state index is 11.7. The summed E-state index contributed by atoms with van der Waals surface area (Å²) in [5.74, 6) is 2.45. The molecule has 2 unspecified atom stereocenters. The van der Waals surface area contributed by atoms with Gasteiger partial charge >= 0.3 is 12.1 Å². The average molecular weight is 583 g/mol. The molecule has 3 aliphatic rings. The Balaban J connectivity index is 0.000000479. The number of hydrogen-bond acceptors (Lipinski definition) is 8. The van der Waals surface area contributed by atoms with Crippen molar-refractivity contribution in [2.24, 2.45) is 23.5 Å². The van der Waals surface area contributed by atoms with E-state index in [-0.39, 0.29) is 0 Å². The largest absolute Gasteiger partial charge is 0.490 e. The zero-order valence-electron chi connectivity index (χ0n) is 20.9. The minimum absolute atomic E-state index is 0.578. The summed E-state index contributed by atoms with van der Waals surface area (Å²) >= 11 is 3.83. The van der Waals surface area contributed by atoms with Gasteiger partial charge in [-0.3, -0.25) is 4.21 Å². The van der Waals surface area contributed by atoms with E-state index in [4.69, 9.17) is 15.6 Å². The van der Waals surface area contributed by atoms with Crippen LogP contribution in [0, 0.1) is 17.8 Å². The third kappa shape index (κ3) is 10.7. The van der Waals surface area contributed by atoms with Crippen molar-refractivity contribution in [3.8, 4) is 0 Å². The van der Waals surface area contributed by atoms with Gasteiger partial charge in [-0.05, 0) is 41.9 Å². The van der Waals surface area contributed by atoms with E-state index in [0.29, 0.717) is 12.5 Å². The van der Waals surface area contributed by atoms with Crippen molar-refractivity contribution in [1.29, 1.82) is 0 Å². The van der Waals surface area contributed by atoms with Crippen molar-refractivity contribution in [2.45, 2.75) is 56.3 Å². The van der Waals surface area contributed by atoms with Crippen LogP contribution in [-0.4, -0.2) is 78.5 Å². The molecule has 4 rings (SSSR count). The molecular formula is C24H37F3N4O3S3. The maximum Gasteiger partial charge on any atom is 0.490 e. The first-order valence-corrected chi connectivity index (χ1v) is 15.9. The van der Waals surface area contributed by atoms with Gasteiger partial charge in [0.05, 0.1) is 5.03 Å². The van der Waals surface area contributed by atoms with Gasteiger partial charge in [0.2, 0.25) is 0 Å². The van der Waals surface area contributed by atoms with Crippen molar-refractivity contribution in [3.05, 3.63) is 23.9 Å². The number of carbonyl (C=O) groups is 1. The highest BCUT2D eigenvalue weighted by Crippen LogP contribution is 2.40. The summed E-state index contributed by atoms with van der Waals surface area (Å²) in [5, 5.41) is 8.23. The molecule has 0 radical (unpaired) electrons. The molecule has 7 nitrogen and oxygen atoms in total. The molecule has 3 heterocycles. The second-order valence-electron chi connectivity index (χ2n) is 9.79. The number of aliphatic carboxylic acids is 1. The van der Waals surface area contributed by atoms with Gasteiger partial charge in [-0.25, -0.2) is 18.4 Å². The van der Waals surface area contributed by atoms with E-state index in [1.54, 1.807) is 0 Å². The van der Waals surface area contributed by atoms with Gasteiger partial charge in [-0.2, -0.15) is 13.2 Å². The first kappa shape index (κ1) is 30.7. The summed E-state index contributed by atoms with van der Waals surface area (Å²) in [4.78, 5) is 13.4. The van der Waals surface area contributed by atoms with Gasteiger partial charge in [0.25, 0.3) is 0 Å². The third-order valence-electron chi connectivity index (χ3n) is 6.96. The number of carboxylic acids is 1. The van der Waals surface area contributed by atoms with E-state index in [2.05, 4.69) is 19.7 Å². The van der Waals surface area contributed by atoms with E-state index in [1.807, 2.05) is 36.2 Å². The van der Waals surface area contributed by atoms with E-state index < -0.39 is 22.9 Å². The summed E-state index contributed by atoms with van der Waals surface area (Å²) < 4.78 is 48.5. The van der Waals surface area contributed by atoms with Gasteiger partial charge in [-0.1, -0.05) is 32.1 Å². The predicted octanol–water partition coefficient (Wildman–Crippen LogP) is 4.41. The summed E-state index contributed by atoms with van der Waals surface area (Å²) in [6.07, 6.45) is 5.27. The monoisotopic (exact) mass is 582 g/mol. The lowest BCUT2D eigenvalue weighted by molar-refractivity contribution is -0.192. The molecule has 210 valence electrons. The number of carboxylic acid groups (broad SMARTS) is 1. The Kier molecular flexibility index (Phi) is 12.5. The molecule has 1 aromatic heterocycles. The van der Waals surface area contributed by atoms with Crippen LogP contribution in [0.2, 0.25) is 0 Å². The van der Waals surface area contributed by atoms with Gasteiger partial charge in [0, 0.05) is 79.1 Å². The molecule has 1 aliphatic carbocycles. The summed E-state index contributed by atoms with van der Waals surface area (Å²) in [6.45, 7) is 4.86. The van der Waals surface area contributed by atoms with E-state index in [0.717, 1.165) is 59.3 Å². The molecule has 2 aliphatic heterocycles. The number of rotatable bonds is 7. The minimum Gasteiger partial charge on any atom is -0.475 e. The predicted molar refractivity (Wildman–Crippen MR) is 143 cm³/mol. The van der Waals surface area contributed by atoms with Crippen molar-refractivity contribution < 1.29 is 27.3 Å². The zero-order chi connectivity index (χ0) is 26.8. The molecule has 3 fully saturated rings. The second kappa shape index (κ2) is 15.1. The number of alkyl halides is 3. The van der Waals surface area contributed by atoms with Crippen LogP contribution < -0.4 is 5.73 Å².